The molecule has 0 radical (unpaired) electrons. The number of fused-ring (bicyclic) bond motifs is 1. The molecule has 1 saturated heterocycles. The Balaban J connectivity index is 1.97. The molecule has 1 aliphatic carbocycles. The summed E-state index contributed by atoms with van der Waals surface area (Å²) in [6, 6.07) is 1.08. The molecule has 0 N–H and O–H groups in total. The van der Waals surface area contributed by atoms with Crippen LogP contribution in [0.2, 0.25) is 0 Å². The van der Waals surface area contributed by atoms with Crippen molar-refractivity contribution in [1.29, 1.82) is 0 Å². The van der Waals surface area contributed by atoms with Crippen molar-refractivity contribution in [3.8, 4) is 0 Å². The van der Waals surface area contributed by atoms with Gasteiger partial charge in [-0.2, -0.15) is 0 Å². The van der Waals surface area contributed by atoms with Crippen LogP contribution in [0.5, 0.6) is 0 Å². The molecule has 2 unspecified atom stereocenters. The third kappa shape index (κ3) is 0.692. The van der Waals surface area contributed by atoms with Crippen molar-refractivity contribution in [2.45, 2.75) is 18.9 Å². The van der Waals surface area contributed by atoms with E-state index in [-0.39, 0.29) is 0 Å². The summed E-state index contributed by atoms with van der Waals surface area (Å²) in [6.07, 6.45) is 3.05. The number of hydrogen-bond acceptors (Lipinski definition) is 1. The first-order valence-electron chi connectivity index (χ1n) is 3.18. The van der Waals surface area contributed by atoms with Crippen LogP contribution in [-0.4, -0.2) is 20.6 Å². The number of rotatable bonds is 1. The Labute approximate surface area is 61.1 Å². The minimum atomic E-state index is 0.439. The van der Waals surface area contributed by atoms with E-state index in [0.717, 1.165) is 12.0 Å². The zero-order chi connectivity index (χ0) is 5.56. The van der Waals surface area contributed by atoms with Gasteiger partial charge in [-0.3, -0.25) is 0 Å². The van der Waals surface area contributed by atoms with Crippen LogP contribution in [-0.2, 0) is 0 Å². The van der Waals surface area contributed by atoms with Crippen molar-refractivity contribution in [2.75, 3.05) is 11.5 Å². The number of alkyl halides is 1. The maximum absolute atomic E-state index is 2.71. The van der Waals surface area contributed by atoms with Gasteiger partial charge in [0.25, 0.3) is 0 Å². The maximum atomic E-state index is 2.71. The Hall–Kier alpha value is 0.690. The Morgan fingerprint density at radius 3 is 2.75 bits per heavy atom. The molecule has 0 aromatic rings. The van der Waals surface area contributed by atoms with E-state index in [1.165, 1.54) is 19.4 Å². The van der Waals surface area contributed by atoms with E-state index in [0.29, 0.717) is 21.5 Å². The molecular weight excluding hydrogens is 213 g/mol. The first-order valence-corrected chi connectivity index (χ1v) is 6.30. The summed E-state index contributed by atoms with van der Waals surface area (Å²) in [5.41, 5.74) is 0. The van der Waals surface area contributed by atoms with Crippen LogP contribution >= 0.6 is 0 Å². The fraction of sp³-hybridized carbons (Fsp3) is 1.00. The predicted octanol–water partition coefficient (Wildman–Crippen LogP) is -2.29. The van der Waals surface area contributed by atoms with Crippen molar-refractivity contribution in [3.63, 3.8) is 0 Å². The average molecular weight is 224 g/mol. The number of nitrogens with zero attached hydrogens (tertiary/aromatic N) is 1. The van der Waals surface area contributed by atoms with E-state index >= 15 is 0 Å². The summed E-state index contributed by atoms with van der Waals surface area (Å²) in [5.74, 6) is 1.15. The molecule has 1 aliphatic heterocycles. The summed E-state index contributed by atoms with van der Waals surface area (Å²) in [5, 5.41) is 0. The summed E-state index contributed by atoms with van der Waals surface area (Å²) in [4.78, 5) is 2.37. The first-order chi connectivity index (χ1) is 3.92. The van der Waals surface area contributed by atoms with Gasteiger partial charge in [0.1, 0.15) is 0 Å². The molecule has 8 heavy (non-hydrogen) atoms. The predicted molar refractivity (Wildman–Crippen MR) is 29.1 cm³/mol. The SMILES string of the molecule is C[I-]N1CCC2CC21. The number of hydrogen-bond donors (Lipinski definition) is 0. The summed E-state index contributed by atoms with van der Waals surface area (Å²) in [6.45, 7) is 1.43. The van der Waals surface area contributed by atoms with Crippen LogP contribution in [0.3, 0.4) is 0 Å². The summed E-state index contributed by atoms with van der Waals surface area (Å²) < 4.78 is 2.71. The van der Waals surface area contributed by atoms with Gasteiger partial charge in [0.05, 0.1) is 0 Å². The topological polar surface area (TPSA) is 3.24 Å². The van der Waals surface area contributed by atoms with Gasteiger partial charge in [-0.05, 0) is 0 Å². The standard InChI is InChI=1S/C6H11IN/c1-7-8-3-2-5-4-6(5)8/h5-6H,2-4H2,1H3/q-1. The monoisotopic (exact) mass is 224 g/mol. The van der Waals surface area contributed by atoms with Crippen LogP contribution in [0.1, 0.15) is 12.8 Å². The molecule has 2 aliphatic rings. The van der Waals surface area contributed by atoms with E-state index in [2.05, 4.69) is 8.04 Å². The van der Waals surface area contributed by atoms with E-state index in [1.54, 1.807) is 0 Å². The normalized spacial score (nSPS) is 45.1. The molecule has 0 aromatic carbocycles. The zero-order valence-corrected chi connectivity index (χ0v) is 7.26. The van der Waals surface area contributed by atoms with Gasteiger partial charge in [0.2, 0.25) is 0 Å². The molecule has 2 atom stereocenters. The van der Waals surface area contributed by atoms with Crippen LogP contribution in [0.25, 0.3) is 0 Å². The second-order valence-corrected chi connectivity index (χ2v) is 4.85. The van der Waals surface area contributed by atoms with Gasteiger partial charge in [0, 0.05) is 0 Å². The second-order valence-electron chi connectivity index (χ2n) is 2.64. The molecule has 2 rings (SSSR count). The molecule has 2 fully saturated rings. The van der Waals surface area contributed by atoms with Crippen LogP contribution < -0.4 is 21.5 Å². The van der Waals surface area contributed by atoms with Crippen LogP contribution in [0.4, 0.5) is 0 Å². The van der Waals surface area contributed by atoms with Crippen molar-refractivity contribution < 1.29 is 21.5 Å². The Kier molecular flexibility index (Phi) is 1.26. The number of piperidine rings is 1. The van der Waals surface area contributed by atoms with Crippen molar-refractivity contribution in [1.82, 2.24) is 3.11 Å². The molecule has 0 aromatic heterocycles. The van der Waals surface area contributed by atoms with E-state index in [1.807, 2.05) is 0 Å². The average Bonchev–Trinajstić information content (AvgIpc) is 2.46. The van der Waals surface area contributed by atoms with Crippen molar-refractivity contribution in [3.05, 3.63) is 0 Å². The zero-order valence-electron chi connectivity index (χ0n) is 5.10. The summed E-state index contributed by atoms with van der Waals surface area (Å²) in [7, 11) is 0. The Morgan fingerprint density at radius 2 is 2.50 bits per heavy atom. The van der Waals surface area contributed by atoms with Gasteiger partial charge >= 0.3 is 60.9 Å². The van der Waals surface area contributed by atoms with Gasteiger partial charge in [0.15, 0.2) is 0 Å². The van der Waals surface area contributed by atoms with Crippen molar-refractivity contribution >= 4 is 0 Å². The van der Waals surface area contributed by atoms with Gasteiger partial charge < -0.3 is 0 Å². The van der Waals surface area contributed by atoms with Crippen LogP contribution in [0.15, 0.2) is 0 Å². The van der Waals surface area contributed by atoms with Gasteiger partial charge in [-0.1, -0.05) is 0 Å². The minimum absolute atomic E-state index is 0.439. The molecule has 0 bridgehead atoms. The van der Waals surface area contributed by atoms with Crippen LogP contribution in [0, 0.1) is 5.92 Å². The third-order valence-electron chi connectivity index (χ3n) is 2.18. The molecule has 48 valence electrons. The third-order valence-corrected chi connectivity index (χ3v) is 4.61. The molecule has 0 spiro atoms. The summed E-state index contributed by atoms with van der Waals surface area (Å²) >= 11 is 0.439. The molecule has 2 heteroatoms. The molecule has 1 heterocycles. The fourth-order valence-electron chi connectivity index (χ4n) is 1.55. The Bertz CT molecular complexity index is 105. The van der Waals surface area contributed by atoms with E-state index < -0.39 is 0 Å². The van der Waals surface area contributed by atoms with E-state index in [9.17, 15) is 0 Å². The number of halogens is 1. The van der Waals surface area contributed by atoms with Gasteiger partial charge in [-0.15, -0.1) is 0 Å². The van der Waals surface area contributed by atoms with Crippen molar-refractivity contribution in [2.24, 2.45) is 5.92 Å². The quantitative estimate of drug-likeness (QED) is 0.275. The Morgan fingerprint density at radius 1 is 1.62 bits per heavy atom. The molecule has 0 amide bonds. The molecule has 1 nitrogen and oxygen atoms in total. The fourth-order valence-corrected chi connectivity index (χ4v) is 3.71. The van der Waals surface area contributed by atoms with E-state index in [4.69, 9.17) is 0 Å². The second kappa shape index (κ2) is 1.84. The molecule has 1 saturated carbocycles. The van der Waals surface area contributed by atoms with Gasteiger partial charge in [-0.25, -0.2) is 0 Å². The molecular formula is C6H11IN-. The first kappa shape index (κ1) is 5.47.